The Labute approximate surface area is 169 Å². The van der Waals surface area contributed by atoms with E-state index in [1.54, 1.807) is 17.0 Å². The van der Waals surface area contributed by atoms with Crippen molar-refractivity contribution in [3.63, 3.8) is 0 Å². The van der Waals surface area contributed by atoms with Crippen molar-refractivity contribution in [1.82, 2.24) is 10.2 Å². The summed E-state index contributed by atoms with van der Waals surface area (Å²) in [5, 5.41) is 5.98. The number of nitrogens with one attached hydrogen (secondary N) is 2. The van der Waals surface area contributed by atoms with E-state index in [0.717, 1.165) is 24.3 Å². The summed E-state index contributed by atoms with van der Waals surface area (Å²) in [6.45, 7) is 4.33. The van der Waals surface area contributed by atoms with Crippen molar-refractivity contribution in [3.8, 4) is 0 Å². The number of piperidine rings is 1. The van der Waals surface area contributed by atoms with Crippen LogP contribution >= 0.6 is 0 Å². The number of hydrogen-bond acceptors (Lipinski definition) is 4. The predicted molar refractivity (Wildman–Crippen MR) is 107 cm³/mol. The molecule has 0 unspecified atom stereocenters. The van der Waals surface area contributed by atoms with Gasteiger partial charge in [0.05, 0.1) is 5.69 Å². The van der Waals surface area contributed by atoms with Crippen molar-refractivity contribution in [3.05, 3.63) is 52.7 Å². The zero-order valence-electron chi connectivity index (χ0n) is 16.6. The fourth-order valence-corrected chi connectivity index (χ4v) is 4.05. The largest absolute Gasteiger partial charge is 0.456 e. The molecular weight excluding hydrogens is 373 g/mol. The molecule has 29 heavy (non-hydrogen) atoms. The molecular formula is C22H26FN3O3. The number of furan rings is 1. The molecule has 7 heteroatoms. The minimum atomic E-state index is -0.325. The van der Waals surface area contributed by atoms with Gasteiger partial charge in [0.1, 0.15) is 11.6 Å². The molecule has 2 aliphatic heterocycles. The third-order valence-electron chi connectivity index (χ3n) is 5.84. The maximum Gasteiger partial charge on any atom is 0.289 e. The third kappa shape index (κ3) is 4.05. The van der Waals surface area contributed by atoms with E-state index < -0.39 is 0 Å². The first kappa shape index (κ1) is 19.6. The van der Waals surface area contributed by atoms with Gasteiger partial charge in [0.2, 0.25) is 5.91 Å². The Kier molecular flexibility index (Phi) is 5.67. The van der Waals surface area contributed by atoms with E-state index in [2.05, 4.69) is 10.6 Å². The number of anilines is 1. The molecule has 1 fully saturated rings. The quantitative estimate of drug-likeness (QED) is 0.829. The Hall–Kier alpha value is -2.67. The lowest BCUT2D eigenvalue weighted by Gasteiger charge is -2.31. The van der Waals surface area contributed by atoms with Crippen LogP contribution in [0.4, 0.5) is 10.1 Å². The van der Waals surface area contributed by atoms with Crippen LogP contribution in [0.1, 0.15) is 47.2 Å². The second-order valence-corrected chi connectivity index (χ2v) is 7.67. The van der Waals surface area contributed by atoms with E-state index in [4.69, 9.17) is 4.42 Å². The first-order valence-electron chi connectivity index (χ1n) is 10.3. The number of carbonyl (C=O) groups excluding carboxylic acids is 2. The number of fused-ring (bicyclic) bond motifs is 1. The van der Waals surface area contributed by atoms with E-state index in [-0.39, 0.29) is 29.2 Å². The number of aryl methyl sites for hydroxylation is 1. The SMILES string of the molecule is CCc1ccc(C(=O)N2CCC(C(=O)Nc3ccc4c(c3F)CCNC4)CC2)o1. The smallest absolute Gasteiger partial charge is 0.289 e. The van der Waals surface area contributed by atoms with Crippen molar-refractivity contribution in [1.29, 1.82) is 0 Å². The zero-order chi connectivity index (χ0) is 20.4. The van der Waals surface area contributed by atoms with Crippen LogP contribution < -0.4 is 10.6 Å². The zero-order valence-corrected chi connectivity index (χ0v) is 16.6. The number of carbonyl (C=O) groups is 2. The van der Waals surface area contributed by atoms with Gasteiger partial charge < -0.3 is 20.0 Å². The van der Waals surface area contributed by atoms with Crippen LogP contribution in [0.5, 0.6) is 0 Å². The summed E-state index contributed by atoms with van der Waals surface area (Å²) in [4.78, 5) is 26.9. The maximum atomic E-state index is 14.8. The van der Waals surface area contributed by atoms with Crippen molar-refractivity contribution < 1.29 is 18.4 Å². The molecule has 0 aliphatic carbocycles. The predicted octanol–water partition coefficient (Wildman–Crippen LogP) is 3.12. The van der Waals surface area contributed by atoms with Crippen LogP contribution in [0.3, 0.4) is 0 Å². The first-order chi connectivity index (χ1) is 14.1. The van der Waals surface area contributed by atoms with E-state index in [9.17, 15) is 14.0 Å². The molecule has 0 spiro atoms. The highest BCUT2D eigenvalue weighted by molar-refractivity contribution is 5.94. The van der Waals surface area contributed by atoms with E-state index >= 15 is 0 Å². The number of nitrogens with zero attached hydrogens (tertiary/aromatic N) is 1. The molecule has 0 bridgehead atoms. The van der Waals surface area contributed by atoms with Crippen molar-refractivity contribution in [2.45, 2.75) is 39.2 Å². The molecule has 1 saturated heterocycles. The Morgan fingerprint density at radius 3 is 2.76 bits per heavy atom. The minimum Gasteiger partial charge on any atom is -0.456 e. The molecule has 2 aromatic rings. The molecule has 0 radical (unpaired) electrons. The standard InChI is InChI=1S/C22H26FN3O3/c1-2-16-4-6-19(29-16)22(28)26-11-8-14(9-12-26)21(27)25-18-5-3-15-13-24-10-7-17(15)20(18)23/h3-6,14,24H,2,7-13H2,1H3,(H,25,27). The van der Waals surface area contributed by atoms with Crippen molar-refractivity contribution in [2.75, 3.05) is 25.0 Å². The van der Waals surface area contributed by atoms with Crippen LogP contribution in [0.25, 0.3) is 0 Å². The summed E-state index contributed by atoms with van der Waals surface area (Å²) in [7, 11) is 0. The fraction of sp³-hybridized carbons (Fsp3) is 0.455. The molecule has 6 nitrogen and oxygen atoms in total. The molecule has 1 aromatic carbocycles. The molecule has 154 valence electrons. The monoisotopic (exact) mass is 399 g/mol. The Morgan fingerprint density at radius 2 is 2.03 bits per heavy atom. The molecule has 2 N–H and O–H groups in total. The summed E-state index contributed by atoms with van der Waals surface area (Å²) < 4.78 is 20.3. The van der Waals surface area contributed by atoms with Gasteiger partial charge in [-0.15, -0.1) is 0 Å². The van der Waals surface area contributed by atoms with Crippen molar-refractivity contribution in [2.24, 2.45) is 5.92 Å². The normalized spacial score (nSPS) is 17.1. The lowest BCUT2D eigenvalue weighted by atomic mass is 9.95. The van der Waals surface area contributed by atoms with Crippen molar-refractivity contribution >= 4 is 17.5 Å². The third-order valence-corrected chi connectivity index (χ3v) is 5.84. The number of likely N-dealkylation sites (tertiary alicyclic amines) is 1. The van der Waals surface area contributed by atoms with Gasteiger partial charge in [-0.25, -0.2) is 4.39 Å². The number of amides is 2. The van der Waals surface area contributed by atoms with E-state index in [1.165, 1.54) is 0 Å². The Morgan fingerprint density at radius 1 is 1.24 bits per heavy atom. The highest BCUT2D eigenvalue weighted by Gasteiger charge is 2.29. The average Bonchev–Trinajstić information content (AvgIpc) is 3.25. The van der Waals surface area contributed by atoms with E-state index in [0.29, 0.717) is 50.2 Å². The topological polar surface area (TPSA) is 74.6 Å². The van der Waals surface area contributed by atoms with Gasteiger partial charge in [-0.05, 0) is 55.1 Å². The second kappa shape index (κ2) is 8.37. The first-order valence-corrected chi connectivity index (χ1v) is 10.3. The Balaban J connectivity index is 1.35. The highest BCUT2D eigenvalue weighted by Crippen LogP contribution is 2.27. The highest BCUT2D eigenvalue weighted by atomic mass is 19.1. The van der Waals surface area contributed by atoms with E-state index in [1.807, 2.05) is 19.1 Å². The maximum absolute atomic E-state index is 14.8. The summed E-state index contributed by atoms with van der Waals surface area (Å²) in [5.74, 6) is 0.239. The fourth-order valence-electron chi connectivity index (χ4n) is 4.05. The van der Waals surface area contributed by atoms with Gasteiger partial charge in [-0.1, -0.05) is 13.0 Å². The summed E-state index contributed by atoms with van der Waals surface area (Å²) in [6.07, 6.45) is 2.47. The molecule has 3 heterocycles. The van der Waals surface area contributed by atoms with Crippen LogP contribution in [0.2, 0.25) is 0 Å². The van der Waals surface area contributed by atoms with Gasteiger partial charge in [0, 0.05) is 32.0 Å². The van der Waals surface area contributed by atoms with Gasteiger partial charge in [-0.2, -0.15) is 0 Å². The second-order valence-electron chi connectivity index (χ2n) is 7.67. The van der Waals surface area contributed by atoms with Gasteiger partial charge in [0.15, 0.2) is 5.76 Å². The summed E-state index contributed by atoms with van der Waals surface area (Å²) in [6, 6.07) is 7.03. The molecule has 2 aliphatic rings. The van der Waals surface area contributed by atoms with Crippen LogP contribution in [0.15, 0.2) is 28.7 Å². The number of halogens is 1. The van der Waals surface area contributed by atoms with Gasteiger partial charge in [0.25, 0.3) is 5.91 Å². The van der Waals surface area contributed by atoms with Gasteiger partial charge in [-0.3, -0.25) is 9.59 Å². The van der Waals surface area contributed by atoms with Gasteiger partial charge >= 0.3 is 0 Å². The number of hydrogen-bond donors (Lipinski definition) is 2. The molecule has 2 amide bonds. The van der Waals surface area contributed by atoms with Crippen LogP contribution in [0, 0.1) is 11.7 Å². The molecule has 0 atom stereocenters. The summed E-state index contributed by atoms with van der Waals surface area (Å²) >= 11 is 0. The number of rotatable bonds is 4. The lowest BCUT2D eigenvalue weighted by Crippen LogP contribution is -2.41. The van der Waals surface area contributed by atoms with Crippen LogP contribution in [-0.2, 0) is 24.2 Å². The van der Waals surface area contributed by atoms with Crippen LogP contribution in [-0.4, -0.2) is 36.3 Å². The lowest BCUT2D eigenvalue weighted by molar-refractivity contribution is -0.121. The average molecular weight is 399 g/mol. The molecule has 1 aromatic heterocycles. The summed E-state index contributed by atoms with van der Waals surface area (Å²) in [5.41, 5.74) is 1.88. The molecule has 4 rings (SSSR count). The Bertz CT molecular complexity index is 916. The number of benzene rings is 1. The minimum absolute atomic E-state index is 0.141. The molecule has 0 saturated carbocycles.